The Morgan fingerprint density at radius 3 is 2.38 bits per heavy atom. The lowest BCUT2D eigenvalue weighted by Crippen LogP contribution is -2.34. The van der Waals surface area contributed by atoms with Crippen LogP contribution in [0.15, 0.2) is 54.6 Å². The molecule has 0 unspecified atom stereocenters. The lowest BCUT2D eigenvalue weighted by molar-refractivity contribution is -0.131. The van der Waals surface area contributed by atoms with Gasteiger partial charge in [-0.3, -0.25) is 9.59 Å². The van der Waals surface area contributed by atoms with E-state index in [0.717, 1.165) is 5.56 Å². The standard InChI is InChI=1S/C19H21ClN2O2/c1-2-22(14-15-8-4-3-5-9-15)18(23)12-13-21-19(24)16-10-6-7-11-17(16)20/h3-11H,2,12-14H2,1H3,(H,21,24). The van der Waals surface area contributed by atoms with Crippen LogP contribution in [0.5, 0.6) is 0 Å². The van der Waals surface area contributed by atoms with Crippen LogP contribution in [-0.4, -0.2) is 29.8 Å². The van der Waals surface area contributed by atoms with Gasteiger partial charge in [-0.15, -0.1) is 0 Å². The van der Waals surface area contributed by atoms with Crippen LogP contribution in [0.25, 0.3) is 0 Å². The largest absolute Gasteiger partial charge is 0.351 e. The third-order valence-electron chi connectivity index (χ3n) is 3.69. The average molecular weight is 345 g/mol. The molecule has 0 radical (unpaired) electrons. The normalized spacial score (nSPS) is 10.2. The molecular weight excluding hydrogens is 324 g/mol. The molecule has 1 N–H and O–H groups in total. The van der Waals surface area contributed by atoms with Crippen LogP contribution >= 0.6 is 11.6 Å². The molecule has 0 aliphatic rings. The van der Waals surface area contributed by atoms with Crippen molar-refractivity contribution >= 4 is 23.4 Å². The van der Waals surface area contributed by atoms with Gasteiger partial charge in [0.1, 0.15) is 0 Å². The summed E-state index contributed by atoms with van der Waals surface area (Å²) in [5, 5.41) is 3.15. The second kappa shape index (κ2) is 9.08. The lowest BCUT2D eigenvalue weighted by Gasteiger charge is -2.21. The van der Waals surface area contributed by atoms with E-state index in [0.29, 0.717) is 23.7 Å². The van der Waals surface area contributed by atoms with Gasteiger partial charge in [-0.1, -0.05) is 54.1 Å². The lowest BCUT2D eigenvalue weighted by atomic mass is 10.2. The highest BCUT2D eigenvalue weighted by atomic mass is 35.5. The Morgan fingerprint density at radius 2 is 1.71 bits per heavy atom. The molecular formula is C19H21ClN2O2. The Hall–Kier alpha value is -2.33. The third-order valence-corrected chi connectivity index (χ3v) is 4.02. The van der Waals surface area contributed by atoms with Gasteiger partial charge in [0.05, 0.1) is 10.6 Å². The molecule has 2 rings (SSSR count). The minimum Gasteiger partial charge on any atom is -0.351 e. The number of halogens is 1. The molecule has 0 fully saturated rings. The van der Waals surface area contributed by atoms with E-state index in [1.165, 1.54) is 0 Å². The number of carbonyl (C=O) groups is 2. The SMILES string of the molecule is CCN(Cc1ccccc1)C(=O)CCNC(=O)c1ccccc1Cl. The summed E-state index contributed by atoms with van der Waals surface area (Å²) in [5.74, 6) is -0.250. The molecule has 24 heavy (non-hydrogen) atoms. The predicted molar refractivity (Wildman–Crippen MR) is 95.9 cm³/mol. The van der Waals surface area contributed by atoms with Gasteiger partial charge in [-0.25, -0.2) is 0 Å². The zero-order chi connectivity index (χ0) is 17.4. The number of carbonyl (C=O) groups excluding carboxylic acids is 2. The molecule has 2 aromatic rings. The monoisotopic (exact) mass is 344 g/mol. The minimum atomic E-state index is -0.264. The highest BCUT2D eigenvalue weighted by molar-refractivity contribution is 6.33. The summed E-state index contributed by atoms with van der Waals surface area (Å²) < 4.78 is 0. The van der Waals surface area contributed by atoms with Crippen molar-refractivity contribution in [3.05, 3.63) is 70.7 Å². The van der Waals surface area contributed by atoms with Crippen LogP contribution in [-0.2, 0) is 11.3 Å². The number of hydrogen-bond donors (Lipinski definition) is 1. The van der Waals surface area contributed by atoms with Gasteiger partial charge in [-0.05, 0) is 24.6 Å². The number of benzene rings is 2. The summed E-state index contributed by atoms with van der Waals surface area (Å²) in [6, 6.07) is 16.7. The molecule has 0 heterocycles. The van der Waals surface area contributed by atoms with Gasteiger partial charge < -0.3 is 10.2 Å². The topological polar surface area (TPSA) is 49.4 Å². The Labute approximate surface area is 147 Å². The first kappa shape index (κ1) is 18.0. The van der Waals surface area contributed by atoms with Crippen molar-refractivity contribution in [1.29, 1.82) is 0 Å². The summed E-state index contributed by atoms with van der Waals surface area (Å²) in [6.45, 7) is 3.44. The van der Waals surface area contributed by atoms with E-state index >= 15 is 0 Å². The molecule has 4 nitrogen and oxygen atoms in total. The van der Waals surface area contributed by atoms with Crippen molar-refractivity contribution in [2.45, 2.75) is 19.9 Å². The summed E-state index contributed by atoms with van der Waals surface area (Å²) in [4.78, 5) is 26.1. The second-order valence-electron chi connectivity index (χ2n) is 5.38. The highest BCUT2D eigenvalue weighted by Crippen LogP contribution is 2.14. The minimum absolute atomic E-state index is 0.0146. The van der Waals surface area contributed by atoms with E-state index in [-0.39, 0.29) is 24.8 Å². The van der Waals surface area contributed by atoms with Gasteiger partial charge in [-0.2, -0.15) is 0 Å². The zero-order valence-corrected chi connectivity index (χ0v) is 14.4. The predicted octanol–water partition coefficient (Wildman–Crippen LogP) is 3.51. The average Bonchev–Trinajstić information content (AvgIpc) is 2.60. The van der Waals surface area contributed by atoms with Crippen molar-refractivity contribution in [3.8, 4) is 0 Å². The molecule has 0 aliphatic carbocycles. The summed E-state index contributed by atoms with van der Waals surface area (Å²) in [5.41, 5.74) is 1.51. The van der Waals surface area contributed by atoms with Gasteiger partial charge in [0.15, 0.2) is 0 Å². The zero-order valence-electron chi connectivity index (χ0n) is 13.7. The van der Waals surface area contributed by atoms with Crippen molar-refractivity contribution in [2.75, 3.05) is 13.1 Å². The molecule has 0 aromatic heterocycles. The first-order chi connectivity index (χ1) is 11.6. The fraction of sp³-hybridized carbons (Fsp3) is 0.263. The molecule has 2 aromatic carbocycles. The van der Waals surface area contributed by atoms with Crippen LogP contribution in [0.1, 0.15) is 29.3 Å². The van der Waals surface area contributed by atoms with Crippen LogP contribution in [0.4, 0.5) is 0 Å². The van der Waals surface area contributed by atoms with Crippen LogP contribution in [0.3, 0.4) is 0 Å². The van der Waals surface area contributed by atoms with Gasteiger partial charge >= 0.3 is 0 Å². The van der Waals surface area contributed by atoms with Crippen molar-refractivity contribution in [2.24, 2.45) is 0 Å². The Morgan fingerprint density at radius 1 is 1.04 bits per heavy atom. The number of nitrogens with one attached hydrogen (secondary N) is 1. The molecule has 0 saturated heterocycles. The third kappa shape index (κ3) is 5.10. The number of amides is 2. The molecule has 0 bridgehead atoms. The van der Waals surface area contributed by atoms with Gasteiger partial charge in [0, 0.05) is 26.1 Å². The molecule has 0 spiro atoms. The molecule has 126 valence electrons. The number of nitrogens with zero attached hydrogens (tertiary/aromatic N) is 1. The maximum absolute atomic E-state index is 12.3. The van der Waals surface area contributed by atoms with Crippen LogP contribution in [0, 0.1) is 0 Å². The van der Waals surface area contributed by atoms with E-state index in [4.69, 9.17) is 11.6 Å². The van der Waals surface area contributed by atoms with Crippen molar-refractivity contribution in [1.82, 2.24) is 10.2 Å². The highest BCUT2D eigenvalue weighted by Gasteiger charge is 2.13. The van der Waals surface area contributed by atoms with E-state index in [2.05, 4.69) is 5.32 Å². The van der Waals surface area contributed by atoms with E-state index in [1.807, 2.05) is 37.3 Å². The van der Waals surface area contributed by atoms with Crippen molar-refractivity contribution < 1.29 is 9.59 Å². The Bertz CT molecular complexity index is 689. The molecule has 2 amide bonds. The quantitative estimate of drug-likeness (QED) is 0.835. The molecule has 0 atom stereocenters. The van der Waals surface area contributed by atoms with Gasteiger partial charge in [0.25, 0.3) is 5.91 Å². The van der Waals surface area contributed by atoms with E-state index < -0.39 is 0 Å². The Balaban J connectivity index is 1.83. The fourth-order valence-corrected chi connectivity index (χ4v) is 2.58. The first-order valence-corrected chi connectivity index (χ1v) is 8.34. The fourth-order valence-electron chi connectivity index (χ4n) is 2.36. The Kier molecular flexibility index (Phi) is 6.82. The maximum atomic E-state index is 12.3. The number of hydrogen-bond acceptors (Lipinski definition) is 2. The first-order valence-electron chi connectivity index (χ1n) is 7.96. The summed E-state index contributed by atoms with van der Waals surface area (Å²) in [6.07, 6.45) is 0.261. The van der Waals surface area contributed by atoms with Crippen LogP contribution in [0.2, 0.25) is 5.02 Å². The summed E-state index contributed by atoms with van der Waals surface area (Å²) in [7, 11) is 0. The van der Waals surface area contributed by atoms with Gasteiger partial charge in [0.2, 0.25) is 5.91 Å². The molecule has 0 saturated carbocycles. The maximum Gasteiger partial charge on any atom is 0.252 e. The number of rotatable bonds is 7. The smallest absolute Gasteiger partial charge is 0.252 e. The second-order valence-corrected chi connectivity index (χ2v) is 5.79. The van der Waals surface area contributed by atoms with Crippen molar-refractivity contribution in [3.63, 3.8) is 0 Å². The van der Waals surface area contributed by atoms with E-state index in [9.17, 15) is 9.59 Å². The van der Waals surface area contributed by atoms with E-state index in [1.54, 1.807) is 29.2 Å². The molecule has 5 heteroatoms. The van der Waals surface area contributed by atoms with Crippen LogP contribution < -0.4 is 5.32 Å². The molecule has 0 aliphatic heterocycles. The summed E-state index contributed by atoms with van der Waals surface area (Å²) >= 11 is 5.99.